The molecule has 0 aliphatic carbocycles. The molecule has 0 radical (unpaired) electrons. The molecule has 1 atom stereocenters. The number of carbonyl (C=O) groups is 2. The molecular weight excluding hydrogens is 362 g/mol. The number of ketones is 1. The molecule has 2 aromatic rings. The Morgan fingerprint density at radius 1 is 0.966 bits per heavy atom. The van der Waals surface area contributed by atoms with Gasteiger partial charge in [-0.15, -0.1) is 0 Å². The van der Waals surface area contributed by atoms with Crippen LogP contribution in [0.4, 0.5) is 5.69 Å². The largest absolute Gasteiger partial charge is 0.369 e. The summed E-state index contributed by atoms with van der Waals surface area (Å²) >= 11 is 0. The van der Waals surface area contributed by atoms with Crippen LogP contribution in [-0.2, 0) is 4.79 Å². The van der Waals surface area contributed by atoms with Crippen molar-refractivity contribution in [3.8, 4) is 0 Å². The summed E-state index contributed by atoms with van der Waals surface area (Å²) in [6.45, 7) is 8.36. The Kier molecular flexibility index (Phi) is 7.42. The van der Waals surface area contributed by atoms with Crippen molar-refractivity contribution in [2.45, 2.75) is 26.2 Å². The average molecular weight is 394 g/mol. The van der Waals surface area contributed by atoms with E-state index < -0.39 is 0 Å². The maximum Gasteiger partial charge on any atom is 0.234 e. The van der Waals surface area contributed by atoms with Gasteiger partial charge < -0.3 is 10.2 Å². The highest BCUT2D eigenvalue weighted by molar-refractivity contribution is 5.94. The molecule has 0 aromatic heterocycles. The van der Waals surface area contributed by atoms with Gasteiger partial charge in [0.05, 0.1) is 6.54 Å². The Morgan fingerprint density at radius 3 is 2.21 bits per heavy atom. The monoisotopic (exact) mass is 393 g/mol. The molecule has 1 aliphatic heterocycles. The third-order valence-electron chi connectivity index (χ3n) is 5.69. The van der Waals surface area contributed by atoms with Crippen LogP contribution in [0.15, 0.2) is 54.6 Å². The number of hydrogen-bond donors (Lipinski definition) is 1. The predicted octanol–water partition coefficient (Wildman–Crippen LogP) is 3.32. The number of benzene rings is 2. The van der Waals surface area contributed by atoms with Crippen molar-refractivity contribution in [3.05, 3.63) is 65.7 Å². The minimum Gasteiger partial charge on any atom is -0.369 e. The summed E-state index contributed by atoms with van der Waals surface area (Å²) in [6.07, 6.45) is 1.01. The number of hydrogen-bond acceptors (Lipinski definition) is 4. The first-order chi connectivity index (χ1) is 14.1. The van der Waals surface area contributed by atoms with Crippen LogP contribution >= 0.6 is 0 Å². The Bertz CT molecular complexity index is 797. The van der Waals surface area contributed by atoms with Crippen LogP contribution in [0.2, 0.25) is 0 Å². The number of amides is 1. The molecule has 0 saturated carbocycles. The van der Waals surface area contributed by atoms with Crippen LogP contribution in [0.3, 0.4) is 0 Å². The first-order valence-electron chi connectivity index (χ1n) is 10.5. The van der Waals surface area contributed by atoms with E-state index in [1.807, 2.05) is 42.5 Å². The quantitative estimate of drug-likeness (QED) is 0.699. The average Bonchev–Trinajstić information content (AvgIpc) is 2.75. The maximum absolute atomic E-state index is 12.4. The molecule has 3 rings (SSSR count). The zero-order valence-electron chi connectivity index (χ0n) is 17.4. The minimum absolute atomic E-state index is 0.0879. The first kappa shape index (κ1) is 21.1. The number of carbonyl (C=O) groups excluding carboxylic acids is 2. The van der Waals surface area contributed by atoms with E-state index in [9.17, 15) is 9.59 Å². The van der Waals surface area contributed by atoms with Crippen molar-refractivity contribution < 1.29 is 9.59 Å². The summed E-state index contributed by atoms with van der Waals surface area (Å²) in [5.74, 6) is 0.540. The fraction of sp³-hybridized carbons (Fsp3) is 0.417. The number of anilines is 1. The van der Waals surface area contributed by atoms with Gasteiger partial charge in [0, 0.05) is 49.9 Å². The van der Waals surface area contributed by atoms with Crippen LogP contribution in [0.25, 0.3) is 0 Å². The smallest absolute Gasteiger partial charge is 0.234 e. The van der Waals surface area contributed by atoms with Gasteiger partial charge in [0.2, 0.25) is 5.91 Å². The van der Waals surface area contributed by atoms with Gasteiger partial charge >= 0.3 is 0 Å². The Morgan fingerprint density at radius 2 is 1.62 bits per heavy atom. The van der Waals surface area contributed by atoms with Crippen LogP contribution < -0.4 is 10.2 Å². The number of nitrogens with zero attached hydrogens (tertiary/aromatic N) is 2. The normalized spacial score (nSPS) is 15.7. The van der Waals surface area contributed by atoms with Crippen LogP contribution in [0.1, 0.15) is 42.1 Å². The van der Waals surface area contributed by atoms with Gasteiger partial charge in [-0.25, -0.2) is 0 Å². The van der Waals surface area contributed by atoms with Crippen molar-refractivity contribution in [2.75, 3.05) is 44.2 Å². The number of Topliss-reactive ketones (excluding diaryl/α,β-unsaturated/α-hetero) is 1. The molecule has 1 aliphatic rings. The Hall–Kier alpha value is -2.66. The van der Waals surface area contributed by atoms with Crippen LogP contribution in [-0.4, -0.2) is 55.9 Å². The third-order valence-corrected chi connectivity index (χ3v) is 5.69. The van der Waals surface area contributed by atoms with E-state index in [0.29, 0.717) is 19.0 Å². The molecule has 1 saturated heterocycles. The highest BCUT2D eigenvalue weighted by Crippen LogP contribution is 2.19. The van der Waals surface area contributed by atoms with Crippen molar-refractivity contribution in [1.82, 2.24) is 10.2 Å². The first-order valence-corrected chi connectivity index (χ1v) is 10.5. The molecule has 1 amide bonds. The zero-order chi connectivity index (χ0) is 20.6. The van der Waals surface area contributed by atoms with Gasteiger partial charge in [-0.05, 0) is 43.2 Å². The molecule has 0 bridgehead atoms. The molecule has 1 fully saturated rings. The van der Waals surface area contributed by atoms with Gasteiger partial charge in [-0.3, -0.25) is 14.5 Å². The second kappa shape index (κ2) is 10.2. The van der Waals surface area contributed by atoms with Crippen molar-refractivity contribution in [2.24, 2.45) is 0 Å². The van der Waals surface area contributed by atoms with Crippen molar-refractivity contribution >= 4 is 17.4 Å². The fourth-order valence-corrected chi connectivity index (χ4v) is 3.79. The van der Waals surface area contributed by atoms with Gasteiger partial charge in [0.15, 0.2) is 5.78 Å². The predicted molar refractivity (Wildman–Crippen MR) is 118 cm³/mol. The molecule has 2 aromatic carbocycles. The van der Waals surface area contributed by atoms with E-state index in [0.717, 1.165) is 43.9 Å². The molecule has 5 heteroatoms. The highest BCUT2D eigenvalue weighted by Gasteiger charge is 2.20. The van der Waals surface area contributed by atoms with Gasteiger partial charge in [-0.1, -0.05) is 37.3 Å². The maximum atomic E-state index is 12.4. The van der Waals surface area contributed by atoms with Gasteiger partial charge in [0.25, 0.3) is 0 Å². The van der Waals surface area contributed by atoms with E-state index >= 15 is 0 Å². The van der Waals surface area contributed by atoms with Crippen LogP contribution in [0, 0.1) is 0 Å². The van der Waals surface area contributed by atoms with E-state index in [1.54, 1.807) is 6.92 Å². The minimum atomic E-state index is 0.0879. The summed E-state index contributed by atoms with van der Waals surface area (Å²) < 4.78 is 0. The summed E-state index contributed by atoms with van der Waals surface area (Å²) in [4.78, 5) is 28.3. The lowest BCUT2D eigenvalue weighted by Gasteiger charge is -2.35. The molecule has 29 heavy (non-hydrogen) atoms. The van der Waals surface area contributed by atoms with Crippen LogP contribution in [0.5, 0.6) is 0 Å². The van der Waals surface area contributed by atoms with Crippen molar-refractivity contribution in [3.63, 3.8) is 0 Å². The standard InChI is InChI=1S/C24H31N3O2/c1-3-20(22-7-5-4-6-8-22)17-25-24(29)18-26-13-15-27(16-14-26)23-11-9-21(10-12-23)19(2)28/h4-12,20H,3,13-18H2,1-2H3,(H,25,29)/t20-/m1/s1. The number of rotatable bonds is 8. The Balaban J connectivity index is 1.43. The fourth-order valence-electron chi connectivity index (χ4n) is 3.79. The molecule has 0 unspecified atom stereocenters. The van der Waals surface area contributed by atoms with Crippen molar-refractivity contribution in [1.29, 1.82) is 0 Å². The topological polar surface area (TPSA) is 52.7 Å². The molecule has 1 heterocycles. The summed E-state index contributed by atoms with van der Waals surface area (Å²) in [7, 11) is 0. The summed E-state index contributed by atoms with van der Waals surface area (Å²) in [6, 6.07) is 18.2. The highest BCUT2D eigenvalue weighted by atomic mass is 16.2. The van der Waals surface area contributed by atoms with Gasteiger partial charge in [0.1, 0.15) is 0 Å². The summed E-state index contributed by atoms with van der Waals surface area (Å²) in [5.41, 5.74) is 3.15. The second-order valence-corrected chi connectivity index (χ2v) is 7.69. The second-order valence-electron chi connectivity index (χ2n) is 7.69. The SMILES string of the molecule is CC[C@H](CNC(=O)CN1CCN(c2ccc(C(C)=O)cc2)CC1)c1ccccc1. The molecular formula is C24H31N3O2. The number of piperazine rings is 1. The summed E-state index contributed by atoms with van der Waals surface area (Å²) in [5, 5.41) is 3.11. The lowest BCUT2D eigenvalue weighted by molar-refractivity contribution is -0.122. The lowest BCUT2D eigenvalue weighted by atomic mass is 9.96. The third kappa shape index (κ3) is 5.91. The molecule has 154 valence electrons. The van der Waals surface area contributed by atoms with E-state index in [4.69, 9.17) is 0 Å². The van der Waals surface area contributed by atoms with E-state index in [1.165, 1.54) is 5.56 Å². The lowest BCUT2D eigenvalue weighted by Crippen LogP contribution is -2.49. The van der Waals surface area contributed by atoms with E-state index in [-0.39, 0.29) is 11.7 Å². The Labute approximate surface area is 173 Å². The molecule has 0 spiro atoms. The zero-order valence-corrected chi connectivity index (χ0v) is 17.4. The van der Waals surface area contributed by atoms with E-state index in [2.05, 4.69) is 34.2 Å². The molecule has 5 nitrogen and oxygen atoms in total. The number of nitrogens with one attached hydrogen (secondary N) is 1. The molecule has 1 N–H and O–H groups in total. The van der Waals surface area contributed by atoms with Gasteiger partial charge in [-0.2, -0.15) is 0 Å².